The number of rotatable bonds is 4. The Bertz CT molecular complexity index is 882. The van der Waals surface area contributed by atoms with Crippen LogP contribution in [0.2, 0.25) is 10.0 Å². The molecule has 0 saturated carbocycles. The number of hydrogen-bond donors (Lipinski definition) is 1. The minimum atomic E-state index is -4.11. The van der Waals surface area contributed by atoms with Crippen LogP contribution in [0.1, 0.15) is 15.9 Å². The summed E-state index contributed by atoms with van der Waals surface area (Å²) >= 11 is 11.5. The van der Waals surface area contributed by atoms with Gasteiger partial charge in [-0.3, -0.25) is 4.79 Å². The first kappa shape index (κ1) is 17.5. The number of halogens is 3. The van der Waals surface area contributed by atoms with Crippen LogP contribution < -0.4 is 4.72 Å². The zero-order valence-electron chi connectivity index (χ0n) is 11.5. The largest absolute Gasteiger partial charge is 0.268 e. The zero-order valence-corrected chi connectivity index (χ0v) is 13.8. The minimum absolute atomic E-state index is 0.0169. The first-order valence-electron chi connectivity index (χ1n) is 6.23. The molecule has 0 aliphatic carbocycles. The van der Waals surface area contributed by atoms with Gasteiger partial charge in [0.25, 0.3) is 15.9 Å². The van der Waals surface area contributed by atoms with Gasteiger partial charge >= 0.3 is 0 Å². The summed E-state index contributed by atoms with van der Waals surface area (Å²) in [6, 6.07) is 9.66. The van der Waals surface area contributed by atoms with Crippen molar-refractivity contribution in [2.75, 3.05) is 0 Å². The molecule has 0 unspecified atom stereocenters. The van der Waals surface area contributed by atoms with Crippen molar-refractivity contribution in [3.8, 4) is 0 Å². The van der Waals surface area contributed by atoms with Gasteiger partial charge in [-0.1, -0.05) is 41.4 Å². The van der Waals surface area contributed by atoms with Gasteiger partial charge in [0, 0.05) is 10.6 Å². The number of carbonyl (C=O) groups is 1. The van der Waals surface area contributed by atoms with Gasteiger partial charge in [-0.2, -0.15) is 0 Å². The summed E-state index contributed by atoms with van der Waals surface area (Å²) in [5.41, 5.74) is 0.0359. The number of nitrogens with one attached hydrogen (secondary N) is 1. The third-order valence-corrected chi connectivity index (χ3v) is 4.25. The molecule has 1 N–H and O–H groups in total. The topological polar surface area (TPSA) is 63.2 Å². The fourth-order valence-corrected chi connectivity index (χ4v) is 2.92. The molecule has 0 saturated heterocycles. The van der Waals surface area contributed by atoms with Crippen molar-refractivity contribution in [2.45, 2.75) is 0 Å². The molecule has 0 heterocycles. The Morgan fingerprint density at radius 3 is 2.48 bits per heavy atom. The molecule has 2 rings (SSSR count). The Morgan fingerprint density at radius 2 is 1.83 bits per heavy atom. The molecular formula is C15H10Cl2FNO3S. The second-order valence-electron chi connectivity index (χ2n) is 4.42. The molecule has 0 spiro atoms. The van der Waals surface area contributed by atoms with E-state index < -0.39 is 21.7 Å². The third kappa shape index (κ3) is 4.79. The summed E-state index contributed by atoms with van der Waals surface area (Å²) in [6.07, 6.45) is 1.05. The lowest BCUT2D eigenvalue weighted by atomic mass is 10.2. The van der Waals surface area contributed by atoms with Crippen LogP contribution in [0.5, 0.6) is 0 Å². The number of sulfonamides is 1. The highest BCUT2D eigenvalue weighted by Crippen LogP contribution is 2.21. The molecular weight excluding hydrogens is 364 g/mol. The lowest BCUT2D eigenvalue weighted by molar-refractivity contribution is 0.0982. The summed E-state index contributed by atoms with van der Waals surface area (Å²) < 4.78 is 39.0. The molecule has 0 aliphatic rings. The lowest BCUT2D eigenvalue weighted by Gasteiger charge is -2.05. The fourth-order valence-electron chi connectivity index (χ4n) is 1.66. The fraction of sp³-hybridized carbons (Fsp3) is 0. The maximum absolute atomic E-state index is 13.4. The van der Waals surface area contributed by atoms with Crippen molar-refractivity contribution in [3.63, 3.8) is 0 Å². The number of hydrogen-bond acceptors (Lipinski definition) is 3. The molecule has 2 aromatic carbocycles. The van der Waals surface area contributed by atoms with Crippen molar-refractivity contribution in [3.05, 3.63) is 74.9 Å². The van der Waals surface area contributed by atoms with Gasteiger partial charge in [0.1, 0.15) is 5.82 Å². The first-order chi connectivity index (χ1) is 10.8. The predicted octanol–water partition coefficient (Wildman–Crippen LogP) is 3.86. The number of amides is 1. The molecule has 1 amide bonds. The van der Waals surface area contributed by atoms with E-state index >= 15 is 0 Å². The smallest absolute Gasteiger partial charge is 0.266 e. The molecule has 4 nitrogen and oxygen atoms in total. The van der Waals surface area contributed by atoms with Crippen LogP contribution in [0, 0.1) is 5.82 Å². The van der Waals surface area contributed by atoms with Crippen molar-refractivity contribution >= 4 is 45.2 Å². The van der Waals surface area contributed by atoms with E-state index in [1.807, 2.05) is 4.72 Å². The Kier molecular flexibility index (Phi) is 5.41. The average Bonchev–Trinajstić information content (AvgIpc) is 2.45. The molecule has 2 aromatic rings. The third-order valence-electron chi connectivity index (χ3n) is 2.74. The minimum Gasteiger partial charge on any atom is -0.268 e. The molecule has 0 atom stereocenters. The van der Waals surface area contributed by atoms with Gasteiger partial charge in [0.15, 0.2) is 0 Å². The van der Waals surface area contributed by atoms with Gasteiger partial charge in [0.2, 0.25) is 0 Å². The van der Waals surface area contributed by atoms with Crippen molar-refractivity contribution in [1.29, 1.82) is 0 Å². The predicted molar refractivity (Wildman–Crippen MR) is 88.3 cm³/mol. The summed E-state index contributed by atoms with van der Waals surface area (Å²) in [7, 11) is -4.11. The Hall–Kier alpha value is -1.89. The zero-order chi connectivity index (χ0) is 17.0. The average molecular weight is 374 g/mol. The van der Waals surface area contributed by atoms with Gasteiger partial charge in [-0.15, -0.1) is 0 Å². The van der Waals surface area contributed by atoms with E-state index in [1.165, 1.54) is 36.4 Å². The van der Waals surface area contributed by atoms with Gasteiger partial charge in [0.05, 0.1) is 16.0 Å². The van der Waals surface area contributed by atoms with Crippen LogP contribution in [0.3, 0.4) is 0 Å². The van der Waals surface area contributed by atoms with E-state index in [-0.39, 0.29) is 16.1 Å². The summed E-state index contributed by atoms with van der Waals surface area (Å²) in [5.74, 6) is -1.49. The first-order valence-corrected chi connectivity index (χ1v) is 8.53. The van der Waals surface area contributed by atoms with E-state index in [4.69, 9.17) is 23.2 Å². The Balaban J connectivity index is 2.18. The molecule has 23 heavy (non-hydrogen) atoms. The molecule has 120 valence electrons. The van der Waals surface area contributed by atoms with Crippen LogP contribution in [0.4, 0.5) is 4.39 Å². The Morgan fingerprint density at radius 1 is 1.13 bits per heavy atom. The maximum atomic E-state index is 13.4. The SMILES string of the molecule is O=C(NS(=O)(=O)/C=C/c1ccccc1F)c1ccc(Cl)cc1Cl. The number of carbonyl (C=O) groups excluding carboxylic acids is 1. The van der Waals surface area contributed by atoms with Crippen LogP contribution >= 0.6 is 23.2 Å². The van der Waals surface area contributed by atoms with Crippen LogP contribution in [0.25, 0.3) is 6.08 Å². The molecule has 0 aromatic heterocycles. The van der Waals surface area contributed by atoms with Crippen molar-refractivity contribution in [1.82, 2.24) is 4.72 Å². The van der Waals surface area contributed by atoms with E-state index in [9.17, 15) is 17.6 Å². The van der Waals surface area contributed by atoms with Gasteiger partial charge in [-0.25, -0.2) is 17.5 Å². The van der Waals surface area contributed by atoms with Crippen molar-refractivity contribution < 1.29 is 17.6 Å². The van der Waals surface area contributed by atoms with Crippen molar-refractivity contribution in [2.24, 2.45) is 0 Å². The highest BCUT2D eigenvalue weighted by atomic mass is 35.5. The van der Waals surface area contributed by atoms with Crippen LogP contribution in [0.15, 0.2) is 47.9 Å². The monoisotopic (exact) mass is 373 g/mol. The van der Waals surface area contributed by atoms with Gasteiger partial charge in [-0.05, 0) is 30.3 Å². The highest BCUT2D eigenvalue weighted by Gasteiger charge is 2.16. The highest BCUT2D eigenvalue weighted by molar-refractivity contribution is 7.93. The van der Waals surface area contributed by atoms with E-state index in [0.717, 1.165) is 6.08 Å². The van der Waals surface area contributed by atoms with E-state index in [0.29, 0.717) is 10.4 Å². The molecule has 8 heteroatoms. The Labute approximate surface area is 142 Å². The van der Waals surface area contributed by atoms with Crippen LogP contribution in [-0.4, -0.2) is 14.3 Å². The van der Waals surface area contributed by atoms with Crippen LogP contribution in [-0.2, 0) is 10.0 Å². The quantitative estimate of drug-likeness (QED) is 0.884. The second kappa shape index (κ2) is 7.12. The maximum Gasteiger partial charge on any atom is 0.266 e. The van der Waals surface area contributed by atoms with E-state index in [2.05, 4.69) is 0 Å². The summed E-state index contributed by atoms with van der Waals surface area (Å²) in [4.78, 5) is 11.9. The molecule has 0 bridgehead atoms. The molecule has 0 radical (unpaired) electrons. The molecule has 0 aliphatic heterocycles. The summed E-state index contributed by atoms with van der Waals surface area (Å²) in [5, 5.41) is 1.03. The normalized spacial score (nSPS) is 11.6. The number of benzene rings is 2. The van der Waals surface area contributed by atoms with E-state index in [1.54, 1.807) is 6.07 Å². The second-order valence-corrected chi connectivity index (χ2v) is 6.83. The lowest BCUT2D eigenvalue weighted by Crippen LogP contribution is -2.29. The standard InChI is InChI=1S/C15H10Cl2FNO3S/c16-11-5-6-12(13(17)9-11)15(20)19-23(21,22)8-7-10-3-1-2-4-14(10)18/h1-9H,(H,19,20)/b8-7+. The van der Waals surface area contributed by atoms with Gasteiger partial charge < -0.3 is 0 Å². The molecule has 0 fully saturated rings. The summed E-state index contributed by atoms with van der Waals surface area (Å²) in [6.45, 7) is 0.